The number of nitro groups is 1. The lowest BCUT2D eigenvalue weighted by atomic mass is 10.2. The first-order chi connectivity index (χ1) is 14.1. The largest absolute Gasteiger partial charge is 0.451 e. The van der Waals surface area contributed by atoms with Gasteiger partial charge in [0.2, 0.25) is 0 Å². The van der Waals surface area contributed by atoms with E-state index in [9.17, 15) is 28.9 Å². The Bertz CT molecular complexity index is 994. The molecule has 2 N–H and O–H groups in total. The fourth-order valence-corrected chi connectivity index (χ4v) is 2.34. The Labute approximate surface area is 171 Å². The van der Waals surface area contributed by atoms with Crippen LogP contribution >= 0.6 is 0 Å². The molecule has 10 heteroatoms. The topological polar surface area (TPSA) is 128 Å². The molecule has 0 radical (unpaired) electrons. The Hall–Kier alpha value is -3.82. The average Bonchev–Trinajstić information content (AvgIpc) is 2.70. The molecule has 30 heavy (non-hydrogen) atoms. The molecular weight excluding hydrogens is 397 g/mol. The van der Waals surface area contributed by atoms with E-state index in [1.165, 1.54) is 44.2 Å². The van der Waals surface area contributed by atoms with E-state index in [0.29, 0.717) is 5.56 Å². The van der Waals surface area contributed by atoms with Gasteiger partial charge in [0.1, 0.15) is 11.9 Å². The van der Waals surface area contributed by atoms with Gasteiger partial charge in [-0.15, -0.1) is 0 Å². The van der Waals surface area contributed by atoms with Crippen molar-refractivity contribution in [1.29, 1.82) is 0 Å². The maximum atomic E-state index is 13.6. The van der Waals surface area contributed by atoms with Gasteiger partial charge in [-0.3, -0.25) is 19.7 Å². The smallest absolute Gasteiger partial charge is 0.329 e. The Kier molecular flexibility index (Phi) is 7.18. The van der Waals surface area contributed by atoms with Crippen LogP contribution < -0.4 is 10.6 Å². The van der Waals surface area contributed by atoms with Crippen LogP contribution in [0.25, 0.3) is 0 Å². The van der Waals surface area contributed by atoms with Crippen LogP contribution in [-0.2, 0) is 14.3 Å². The minimum absolute atomic E-state index is 0.00367. The van der Waals surface area contributed by atoms with Gasteiger partial charge < -0.3 is 15.4 Å². The van der Waals surface area contributed by atoms with Gasteiger partial charge in [0.15, 0.2) is 6.10 Å². The summed E-state index contributed by atoms with van der Waals surface area (Å²) < 4.78 is 18.6. The van der Waals surface area contributed by atoms with Crippen LogP contribution in [0.1, 0.15) is 29.8 Å². The lowest BCUT2D eigenvalue weighted by Crippen LogP contribution is -2.42. The first-order valence-corrected chi connectivity index (χ1v) is 8.91. The number of hydrogen-bond donors (Lipinski definition) is 2. The van der Waals surface area contributed by atoms with Crippen molar-refractivity contribution in [2.75, 3.05) is 5.32 Å². The number of nitrogens with one attached hydrogen (secondary N) is 2. The van der Waals surface area contributed by atoms with Crippen molar-refractivity contribution in [3.05, 3.63) is 69.5 Å². The molecule has 2 amide bonds. The molecule has 0 aromatic heterocycles. The number of hydrogen-bond acceptors (Lipinski definition) is 6. The second-order valence-electron chi connectivity index (χ2n) is 6.53. The normalized spacial score (nSPS) is 12.4. The molecule has 0 spiro atoms. The molecule has 158 valence electrons. The van der Waals surface area contributed by atoms with E-state index in [1.54, 1.807) is 6.92 Å². The second-order valence-corrected chi connectivity index (χ2v) is 6.53. The summed E-state index contributed by atoms with van der Waals surface area (Å²) in [5.41, 5.74) is 0.352. The van der Waals surface area contributed by atoms with Crippen molar-refractivity contribution in [2.45, 2.75) is 32.9 Å². The molecule has 2 aromatic carbocycles. The SMILES string of the molecule is Cc1ccc(NC(=O)[C@@H](C)OC(=O)[C@H](C)NC(=O)c2cccc([N+](=O)[O-])c2)cc1F. The number of amides is 2. The number of aryl methyl sites for hydroxylation is 1. The van der Waals surface area contributed by atoms with Crippen LogP contribution in [-0.4, -0.2) is 34.9 Å². The summed E-state index contributed by atoms with van der Waals surface area (Å²) in [7, 11) is 0. The highest BCUT2D eigenvalue weighted by molar-refractivity contribution is 5.98. The van der Waals surface area contributed by atoms with Crippen LogP contribution in [0, 0.1) is 22.9 Å². The van der Waals surface area contributed by atoms with Gasteiger partial charge in [-0.1, -0.05) is 12.1 Å². The zero-order chi connectivity index (χ0) is 22.4. The van der Waals surface area contributed by atoms with E-state index in [-0.39, 0.29) is 16.9 Å². The minimum atomic E-state index is -1.21. The van der Waals surface area contributed by atoms with E-state index < -0.39 is 40.7 Å². The fourth-order valence-electron chi connectivity index (χ4n) is 2.34. The lowest BCUT2D eigenvalue weighted by molar-refractivity contribution is -0.384. The Morgan fingerprint density at radius 1 is 1.13 bits per heavy atom. The van der Waals surface area contributed by atoms with E-state index in [2.05, 4.69) is 10.6 Å². The highest BCUT2D eigenvalue weighted by Crippen LogP contribution is 2.15. The summed E-state index contributed by atoms with van der Waals surface area (Å²) >= 11 is 0. The van der Waals surface area contributed by atoms with Crippen molar-refractivity contribution in [1.82, 2.24) is 5.32 Å². The fraction of sp³-hybridized carbons (Fsp3) is 0.250. The monoisotopic (exact) mass is 417 g/mol. The average molecular weight is 417 g/mol. The molecule has 0 bridgehead atoms. The van der Waals surface area contributed by atoms with Crippen LogP contribution in [0.3, 0.4) is 0 Å². The van der Waals surface area contributed by atoms with Crippen molar-refractivity contribution in [3.8, 4) is 0 Å². The number of esters is 1. The van der Waals surface area contributed by atoms with E-state index in [0.717, 1.165) is 12.1 Å². The number of anilines is 1. The number of benzene rings is 2. The number of nitrogens with zero attached hydrogens (tertiary/aromatic N) is 1. The van der Waals surface area contributed by atoms with Gasteiger partial charge in [-0.05, 0) is 44.5 Å². The lowest BCUT2D eigenvalue weighted by Gasteiger charge is -2.17. The number of ether oxygens (including phenoxy) is 1. The van der Waals surface area contributed by atoms with E-state index in [4.69, 9.17) is 4.74 Å². The molecule has 0 saturated heterocycles. The zero-order valence-corrected chi connectivity index (χ0v) is 16.5. The third-order valence-electron chi connectivity index (χ3n) is 4.12. The molecule has 2 aromatic rings. The number of halogens is 1. The molecule has 9 nitrogen and oxygen atoms in total. The molecule has 0 aliphatic rings. The maximum Gasteiger partial charge on any atom is 0.329 e. The molecule has 0 heterocycles. The van der Waals surface area contributed by atoms with Gasteiger partial charge in [0.25, 0.3) is 17.5 Å². The minimum Gasteiger partial charge on any atom is -0.451 e. The van der Waals surface area contributed by atoms with Crippen molar-refractivity contribution in [3.63, 3.8) is 0 Å². The van der Waals surface area contributed by atoms with Gasteiger partial charge in [-0.25, -0.2) is 9.18 Å². The predicted octanol–water partition coefficient (Wildman–Crippen LogP) is 2.73. The second kappa shape index (κ2) is 9.59. The first-order valence-electron chi connectivity index (χ1n) is 8.91. The summed E-state index contributed by atoms with van der Waals surface area (Å²) in [5, 5.41) is 15.6. The quantitative estimate of drug-likeness (QED) is 0.405. The summed E-state index contributed by atoms with van der Waals surface area (Å²) in [6.07, 6.45) is -1.21. The van der Waals surface area contributed by atoms with Crippen molar-refractivity contribution >= 4 is 29.2 Å². The van der Waals surface area contributed by atoms with Gasteiger partial charge in [0.05, 0.1) is 4.92 Å². The van der Waals surface area contributed by atoms with Gasteiger partial charge in [-0.2, -0.15) is 0 Å². The summed E-state index contributed by atoms with van der Waals surface area (Å²) in [6, 6.07) is 8.03. The molecule has 2 rings (SSSR count). The summed E-state index contributed by atoms with van der Waals surface area (Å²) in [6.45, 7) is 4.25. The van der Waals surface area contributed by atoms with Crippen LogP contribution in [0.4, 0.5) is 15.8 Å². The predicted molar refractivity (Wildman–Crippen MR) is 105 cm³/mol. The molecule has 0 fully saturated rings. The standard InChI is InChI=1S/C20H20FN3O6/c1-11-7-8-15(10-17(11)21)23-18(25)13(3)30-20(27)12(2)22-19(26)14-5-4-6-16(9-14)24(28)29/h4-10,12-13H,1-3H3,(H,22,26)(H,23,25)/t12-,13+/m0/s1. The van der Waals surface area contributed by atoms with Crippen molar-refractivity contribution < 1.29 is 28.4 Å². The Morgan fingerprint density at radius 3 is 2.47 bits per heavy atom. The number of carbonyl (C=O) groups is 3. The van der Waals surface area contributed by atoms with Crippen LogP contribution in [0.5, 0.6) is 0 Å². The molecule has 0 aliphatic carbocycles. The number of carbonyl (C=O) groups excluding carboxylic acids is 3. The Balaban J connectivity index is 1.93. The van der Waals surface area contributed by atoms with Gasteiger partial charge in [0, 0.05) is 23.4 Å². The molecular formula is C20H20FN3O6. The van der Waals surface area contributed by atoms with Crippen molar-refractivity contribution in [2.24, 2.45) is 0 Å². The highest BCUT2D eigenvalue weighted by atomic mass is 19.1. The van der Waals surface area contributed by atoms with Crippen LogP contribution in [0.2, 0.25) is 0 Å². The Morgan fingerprint density at radius 2 is 1.83 bits per heavy atom. The first kappa shape index (κ1) is 22.5. The molecule has 0 aliphatic heterocycles. The highest BCUT2D eigenvalue weighted by Gasteiger charge is 2.24. The third-order valence-corrected chi connectivity index (χ3v) is 4.12. The molecule has 0 saturated carbocycles. The zero-order valence-electron chi connectivity index (χ0n) is 16.5. The van der Waals surface area contributed by atoms with Gasteiger partial charge >= 0.3 is 5.97 Å². The third kappa shape index (κ3) is 5.84. The van der Waals surface area contributed by atoms with E-state index >= 15 is 0 Å². The van der Waals surface area contributed by atoms with E-state index in [1.807, 2.05) is 0 Å². The number of non-ortho nitro benzene ring substituents is 1. The number of nitro benzene ring substituents is 1. The summed E-state index contributed by atoms with van der Waals surface area (Å²) in [4.78, 5) is 46.7. The maximum absolute atomic E-state index is 13.6. The molecule has 0 unspecified atom stereocenters. The summed E-state index contributed by atoms with van der Waals surface area (Å²) in [5.74, 6) is -2.76. The van der Waals surface area contributed by atoms with Crippen LogP contribution in [0.15, 0.2) is 42.5 Å². The number of rotatable bonds is 7. The molecule has 2 atom stereocenters.